The van der Waals surface area contributed by atoms with Gasteiger partial charge < -0.3 is 15.0 Å². The van der Waals surface area contributed by atoms with Crippen LogP contribution in [0.5, 0.6) is 5.75 Å². The third-order valence-electron chi connectivity index (χ3n) is 4.16. The molecule has 0 spiro atoms. The zero-order valence-electron chi connectivity index (χ0n) is 13.1. The fraction of sp³-hybridized carbons (Fsp3) is 0.647. The van der Waals surface area contributed by atoms with Crippen LogP contribution in [0, 0.1) is 0 Å². The van der Waals surface area contributed by atoms with Gasteiger partial charge in [0.1, 0.15) is 5.75 Å². The molecule has 1 atom stereocenters. The van der Waals surface area contributed by atoms with Crippen molar-refractivity contribution in [2.45, 2.75) is 45.2 Å². The summed E-state index contributed by atoms with van der Waals surface area (Å²) in [6, 6.07) is 9.46. The average Bonchev–Trinajstić information content (AvgIpc) is 2.48. The lowest BCUT2D eigenvalue weighted by molar-refractivity contribution is 0.222. The number of rotatable bonds is 6. The molecule has 1 aliphatic rings. The molecule has 1 saturated heterocycles. The molecule has 3 nitrogen and oxygen atoms in total. The highest BCUT2D eigenvalue weighted by atomic mass is 16.5. The Morgan fingerprint density at radius 1 is 1.25 bits per heavy atom. The molecule has 0 bridgehead atoms. The Morgan fingerprint density at radius 2 is 1.95 bits per heavy atom. The van der Waals surface area contributed by atoms with Crippen molar-refractivity contribution in [1.82, 2.24) is 10.2 Å². The van der Waals surface area contributed by atoms with Gasteiger partial charge in [-0.1, -0.05) is 25.1 Å². The first-order valence-corrected chi connectivity index (χ1v) is 7.90. The summed E-state index contributed by atoms with van der Waals surface area (Å²) in [6.07, 6.45) is 3.57. The van der Waals surface area contributed by atoms with Crippen LogP contribution in [-0.2, 0) is 0 Å². The molecule has 1 aromatic carbocycles. The Hall–Kier alpha value is -1.06. The molecule has 3 heteroatoms. The molecule has 1 aliphatic heterocycles. The fourth-order valence-electron chi connectivity index (χ4n) is 2.94. The third kappa shape index (κ3) is 3.97. The highest BCUT2D eigenvalue weighted by molar-refractivity contribution is 5.36. The van der Waals surface area contributed by atoms with Gasteiger partial charge >= 0.3 is 0 Å². The van der Waals surface area contributed by atoms with Gasteiger partial charge in [-0.15, -0.1) is 0 Å². The number of likely N-dealkylation sites (tertiary alicyclic amines) is 1. The first-order valence-electron chi connectivity index (χ1n) is 7.90. The van der Waals surface area contributed by atoms with Crippen molar-refractivity contribution in [3.05, 3.63) is 29.8 Å². The molecule has 2 rings (SSSR count). The number of nitrogens with one attached hydrogen (secondary N) is 1. The van der Waals surface area contributed by atoms with E-state index >= 15 is 0 Å². The predicted molar refractivity (Wildman–Crippen MR) is 84.3 cm³/mol. The molecule has 1 unspecified atom stereocenters. The van der Waals surface area contributed by atoms with E-state index in [4.69, 9.17) is 4.74 Å². The Labute approximate surface area is 123 Å². The van der Waals surface area contributed by atoms with Crippen LogP contribution in [0.25, 0.3) is 0 Å². The molecule has 1 N–H and O–H groups in total. The van der Waals surface area contributed by atoms with E-state index in [9.17, 15) is 0 Å². The van der Waals surface area contributed by atoms with Gasteiger partial charge in [-0.3, -0.25) is 0 Å². The topological polar surface area (TPSA) is 24.5 Å². The molecule has 0 saturated carbocycles. The maximum atomic E-state index is 5.78. The van der Waals surface area contributed by atoms with Crippen LogP contribution in [0.1, 0.15) is 44.7 Å². The summed E-state index contributed by atoms with van der Waals surface area (Å²) in [7, 11) is 2.21. The minimum atomic E-state index is 0.395. The lowest BCUT2D eigenvalue weighted by Crippen LogP contribution is -2.42. The van der Waals surface area contributed by atoms with Crippen LogP contribution in [-0.4, -0.2) is 37.7 Å². The second-order valence-electron chi connectivity index (χ2n) is 5.68. The molecule has 1 aromatic rings. The number of para-hydroxylation sites is 1. The second kappa shape index (κ2) is 7.65. The van der Waals surface area contributed by atoms with Crippen molar-refractivity contribution in [2.24, 2.45) is 0 Å². The molecule has 0 aromatic heterocycles. The molecule has 1 heterocycles. The second-order valence-corrected chi connectivity index (χ2v) is 5.68. The molecule has 0 radical (unpaired) electrons. The van der Waals surface area contributed by atoms with Gasteiger partial charge in [0.25, 0.3) is 0 Å². The molecular weight excluding hydrogens is 248 g/mol. The van der Waals surface area contributed by atoms with Gasteiger partial charge in [0.15, 0.2) is 0 Å². The van der Waals surface area contributed by atoms with Gasteiger partial charge in [-0.2, -0.15) is 0 Å². The number of ether oxygens (including phenoxy) is 1. The van der Waals surface area contributed by atoms with Crippen molar-refractivity contribution >= 4 is 0 Å². The van der Waals surface area contributed by atoms with E-state index in [0.29, 0.717) is 12.1 Å². The average molecular weight is 276 g/mol. The van der Waals surface area contributed by atoms with Crippen LogP contribution < -0.4 is 10.1 Å². The minimum absolute atomic E-state index is 0.395. The highest BCUT2D eigenvalue weighted by Gasteiger charge is 2.21. The largest absolute Gasteiger partial charge is 0.494 e. The molecule has 0 amide bonds. The molecule has 112 valence electrons. The number of piperidine rings is 1. The van der Waals surface area contributed by atoms with Crippen molar-refractivity contribution in [3.8, 4) is 5.75 Å². The van der Waals surface area contributed by atoms with Crippen LogP contribution >= 0.6 is 0 Å². The summed E-state index contributed by atoms with van der Waals surface area (Å²) in [6.45, 7) is 7.40. The van der Waals surface area contributed by atoms with Crippen molar-refractivity contribution in [1.29, 1.82) is 0 Å². The van der Waals surface area contributed by atoms with Crippen molar-refractivity contribution in [3.63, 3.8) is 0 Å². The molecule has 20 heavy (non-hydrogen) atoms. The Kier molecular flexibility index (Phi) is 5.86. The summed E-state index contributed by atoms with van der Waals surface area (Å²) in [5, 5.41) is 3.83. The van der Waals surface area contributed by atoms with E-state index in [1.54, 1.807) is 0 Å². The van der Waals surface area contributed by atoms with Gasteiger partial charge in [0.2, 0.25) is 0 Å². The summed E-state index contributed by atoms with van der Waals surface area (Å²) < 4.78 is 5.78. The number of benzene rings is 1. The van der Waals surface area contributed by atoms with Crippen LogP contribution in [0.2, 0.25) is 0 Å². The highest BCUT2D eigenvalue weighted by Crippen LogP contribution is 2.28. The quantitative estimate of drug-likeness (QED) is 0.863. The number of hydrogen-bond acceptors (Lipinski definition) is 3. The van der Waals surface area contributed by atoms with Gasteiger partial charge in [0, 0.05) is 17.6 Å². The van der Waals surface area contributed by atoms with Gasteiger partial charge in [-0.25, -0.2) is 0 Å². The Morgan fingerprint density at radius 3 is 2.60 bits per heavy atom. The third-order valence-corrected chi connectivity index (χ3v) is 4.16. The number of hydrogen-bond donors (Lipinski definition) is 1. The maximum absolute atomic E-state index is 5.78. The molecule has 1 fully saturated rings. The summed E-state index contributed by atoms with van der Waals surface area (Å²) in [5.74, 6) is 1.03. The maximum Gasteiger partial charge on any atom is 0.124 e. The fourth-order valence-corrected chi connectivity index (χ4v) is 2.94. The monoisotopic (exact) mass is 276 g/mol. The molecular formula is C17H28N2O. The zero-order chi connectivity index (χ0) is 14.4. The summed E-state index contributed by atoms with van der Waals surface area (Å²) >= 11 is 0. The van der Waals surface area contributed by atoms with Crippen LogP contribution in [0.15, 0.2) is 24.3 Å². The van der Waals surface area contributed by atoms with E-state index < -0.39 is 0 Å². The first kappa shape index (κ1) is 15.3. The zero-order valence-corrected chi connectivity index (χ0v) is 13.1. The van der Waals surface area contributed by atoms with E-state index in [1.807, 2.05) is 6.92 Å². The molecule has 0 aliphatic carbocycles. The Bertz CT molecular complexity index is 400. The van der Waals surface area contributed by atoms with E-state index in [0.717, 1.165) is 18.8 Å². The lowest BCUT2D eigenvalue weighted by Gasteiger charge is -2.33. The van der Waals surface area contributed by atoms with E-state index in [-0.39, 0.29) is 0 Å². The van der Waals surface area contributed by atoms with Crippen LogP contribution in [0.3, 0.4) is 0 Å². The Balaban J connectivity index is 2.04. The summed E-state index contributed by atoms with van der Waals surface area (Å²) in [4.78, 5) is 2.41. The summed E-state index contributed by atoms with van der Waals surface area (Å²) in [5.41, 5.74) is 1.30. The van der Waals surface area contributed by atoms with E-state index in [1.165, 1.54) is 31.5 Å². The van der Waals surface area contributed by atoms with E-state index in [2.05, 4.69) is 48.5 Å². The first-order chi connectivity index (χ1) is 9.74. The number of nitrogens with zero attached hydrogens (tertiary/aromatic N) is 1. The van der Waals surface area contributed by atoms with Gasteiger partial charge in [-0.05, 0) is 52.4 Å². The smallest absolute Gasteiger partial charge is 0.124 e. The van der Waals surface area contributed by atoms with Crippen LogP contribution in [0.4, 0.5) is 0 Å². The lowest BCUT2D eigenvalue weighted by atomic mass is 9.99. The SMILES string of the molecule is CCOc1ccccc1C(CC)NC1CCN(C)CC1. The normalized spacial score (nSPS) is 18.9. The van der Waals surface area contributed by atoms with Crippen molar-refractivity contribution < 1.29 is 4.74 Å². The predicted octanol–water partition coefficient (Wildman–Crippen LogP) is 3.22. The minimum Gasteiger partial charge on any atom is -0.494 e. The van der Waals surface area contributed by atoms with Crippen molar-refractivity contribution in [2.75, 3.05) is 26.7 Å². The standard InChI is InChI=1S/C17H28N2O/c1-4-16(18-14-10-12-19(3)13-11-14)15-8-6-7-9-17(15)20-5-2/h6-9,14,16,18H,4-5,10-13H2,1-3H3. The van der Waals surface area contributed by atoms with Gasteiger partial charge in [0.05, 0.1) is 6.61 Å².